The molecule has 2 aromatic rings. The Morgan fingerprint density at radius 2 is 1.86 bits per heavy atom. The summed E-state index contributed by atoms with van der Waals surface area (Å²) in [5.41, 5.74) is 0.874. The molecule has 0 aliphatic rings. The van der Waals surface area contributed by atoms with Gasteiger partial charge in [0.15, 0.2) is 11.6 Å². The lowest BCUT2D eigenvalue weighted by molar-refractivity contribution is -0.385. The molecule has 0 aliphatic carbocycles. The van der Waals surface area contributed by atoms with Crippen LogP contribution in [0.4, 0.5) is 10.1 Å². The summed E-state index contributed by atoms with van der Waals surface area (Å²) >= 11 is 0. The first kappa shape index (κ1) is 14.9. The minimum atomic E-state index is -0.566. The molecule has 2 aromatic carbocycles. The number of aliphatic hydroxyl groups is 1. The van der Waals surface area contributed by atoms with Gasteiger partial charge in [0, 0.05) is 23.6 Å². The molecule has 6 heteroatoms. The monoisotopic (exact) mass is 291 g/mol. The second-order valence-electron chi connectivity index (χ2n) is 4.37. The molecule has 0 heterocycles. The molecule has 0 saturated carbocycles. The van der Waals surface area contributed by atoms with Gasteiger partial charge in [0.2, 0.25) is 0 Å². The lowest BCUT2D eigenvalue weighted by atomic mass is 10.1. The Morgan fingerprint density at radius 1 is 1.14 bits per heavy atom. The summed E-state index contributed by atoms with van der Waals surface area (Å²) in [5.74, 6) is -0.581. The van der Waals surface area contributed by atoms with E-state index < -0.39 is 10.7 Å². The minimum absolute atomic E-state index is 0.0111. The number of nitrogens with zero attached hydrogens (tertiary/aromatic N) is 1. The molecule has 0 aliphatic heterocycles. The van der Waals surface area contributed by atoms with E-state index in [9.17, 15) is 14.5 Å². The van der Waals surface area contributed by atoms with E-state index in [1.165, 1.54) is 18.2 Å². The van der Waals surface area contributed by atoms with Crippen molar-refractivity contribution in [3.8, 4) is 5.75 Å². The number of hydrogen-bond donors (Lipinski definition) is 1. The highest BCUT2D eigenvalue weighted by Crippen LogP contribution is 2.24. The van der Waals surface area contributed by atoms with E-state index in [1.807, 2.05) is 0 Å². The molecule has 110 valence electrons. The van der Waals surface area contributed by atoms with Crippen molar-refractivity contribution in [3.63, 3.8) is 0 Å². The van der Waals surface area contributed by atoms with Crippen LogP contribution >= 0.6 is 0 Å². The van der Waals surface area contributed by atoms with Crippen LogP contribution < -0.4 is 4.74 Å². The summed E-state index contributed by atoms with van der Waals surface area (Å²) in [6.45, 7) is -0.253. The molecule has 0 spiro atoms. The minimum Gasteiger partial charge on any atom is -0.490 e. The zero-order valence-corrected chi connectivity index (χ0v) is 11.2. The Hall–Kier alpha value is -2.47. The van der Waals surface area contributed by atoms with Crippen LogP contribution in [-0.2, 0) is 13.0 Å². The van der Waals surface area contributed by atoms with Gasteiger partial charge in [-0.25, -0.2) is 4.39 Å². The second kappa shape index (κ2) is 6.81. The van der Waals surface area contributed by atoms with Gasteiger partial charge in [0.25, 0.3) is 5.69 Å². The average molecular weight is 291 g/mol. The van der Waals surface area contributed by atoms with E-state index >= 15 is 0 Å². The van der Waals surface area contributed by atoms with Gasteiger partial charge in [0.05, 0.1) is 18.1 Å². The number of halogens is 1. The summed E-state index contributed by atoms with van der Waals surface area (Å²) in [5, 5.41) is 20.0. The highest BCUT2D eigenvalue weighted by atomic mass is 19.1. The molecule has 0 radical (unpaired) electrons. The normalized spacial score (nSPS) is 10.4. The van der Waals surface area contributed by atoms with E-state index in [-0.39, 0.29) is 31.1 Å². The third-order valence-electron chi connectivity index (χ3n) is 3.02. The van der Waals surface area contributed by atoms with Gasteiger partial charge >= 0.3 is 0 Å². The summed E-state index contributed by atoms with van der Waals surface area (Å²) in [4.78, 5) is 10.4. The van der Waals surface area contributed by atoms with Gasteiger partial charge in [-0.3, -0.25) is 10.1 Å². The Kier molecular flexibility index (Phi) is 4.84. The van der Waals surface area contributed by atoms with E-state index in [0.29, 0.717) is 11.1 Å². The van der Waals surface area contributed by atoms with Crippen LogP contribution in [0.25, 0.3) is 0 Å². The average Bonchev–Trinajstić information content (AvgIpc) is 2.49. The Bertz CT molecular complexity index is 645. The van der Waals surface area contributed by atoms with E-state index in [1.54, 1.807) is 24.3 Å². The highest BCUT2D eigenvalue weighted by Gasteiger charge is 2.13. The van der Waals surface area contributed by atoms with Gasteiger partial charge in [-0.1, -0.05) is 30.3 Å². The van der Waals surface area contributed by atoms with Crippen molar-refractivity contribution in [2.24, 2.45) is 0 Å². The second-order valence-corrected chi connectivity index (χ2v) is 4.37. The van der Waals surface area contributed by atoms with Gasteiger partial charge in [-0.2, -0.15) is 0 Å². The van der Waals surface area contributed by atoms with Crippen molar-refractivity contribution in [1.82, 2.24) is 0 Å². The maximum absolute atomic E-state index is 13.6. The van der Waals surface area contributed by atoms with Crippen LogP contribution in [0.1, 0.15) is 11.1 Å². The van der Waals surface area contributed by atoms with Crippen molar-refractivity contribution in [2.75, 3.05) is 6.61 Å². The number of hydrogen-bond acceptors (Lipinski definition) is 4. The number of para-hydroxylation sites is 2. The van der Waals surface area contributed by atoms with Gasteiger partial charge < -0.3 is 9.84 Å². The van der Waals surface area contributed by atoms with Crippen LogP contribution in [-0.4, -0.2) is 16.6 Å². The molecule has 0 unspecified atom stereocenters. The molecule has 0 saturated heterocycles. The summed E-state index contributed by atoms with van der Waals surface area (Å²) in [6.07, 6.45) is 0.274. The van der Waals surface area contributed by atoms with Crippen molar-refractivity contribution in [2.45, 2.75) is 13.0 Å². The molecule has 0 atom stereocenters. The summed E-state index contributed by atoms with van der Waals surface area (Å²) in [6, 6.07) is 10.6. The lowest BCUT2D eigenvalue weighted by Crippen LogP contribution is -2.06. The molecule has 1 N–H and O–H groups in total. The number of aliphatic hydroxyl groups excluding tert-OH is 1. The fourth-order valence-electron chi connectivity index (χ4n) is 2.00. The Balaban J connectivity index is 2.07. The van der Waals surface area contributed by atoms with Gasteiger partial charge in [-0.05, 0) is 6.07 Å². The number of nitro groups is 1. The highest BCUT2D eigenvalue weighted by molar-refractivity contribution is 5.40. The third-order valence-corrected chi connectivity index (χ3v) is 3.02. The van der Waals surface area contributed by atoms with Gasteiger partial charge in [-0.15, -0.1) is 0 Å². The number of nitro benzene ring substituents is 1. The Morgan fingerprint density at radius 3 is 2.57 bits per heavy atom. The van der Waals surface area contributed by atoms with Crippen molar-refractivity contribution in [1.29, 1.82) is 0 Å². The first-order valence-electron chi connectivity index (χ1n) is 6.37. The van der Waals surface area contributed by atoms with Crippen LogP contribution in [0.3, 0.4) is 0 Å². The first-order chi connectivity index (χ1) is 10.1. The topological polar surface area (TPSA) is 72.6 Å². The van der Waals surface area contributed by atoms with E-state index in [4.69, 9.17) is 9.84 Å². The van der Waals surface area contributed by atoms with E-state index in [2.05, 4.69) is 0 Å². The van der Waals surface area contributed by atoms with Crippen molar-refractivity contribution >= 4 is 5.69 Å². The maximum Gasteiger partial charge on any atom is 0.272 e. The molecule has 2 rings (SSSR count). The van der Waals surface area contributed by atoms with Crippen LogP contribution in [0.5, 0.6) is 5.75 Å². The van der Waals surface area contributed by atoms with Crippen LogP contribution in [0, 0.1) is 15.9 Å². The molecular weight excluding hydrogens is 277 g/mol. The largest absolute Gasteiger partial charge is 0.490 e. The number of ether oxygens (including phenoxy) is 1. The van der Waals surface area contributed by atoms with E-state index in [0.717, 1.165) is 0 Å². The molecule has 0 fully saturated rings. The standard InChI is InChI=1S/C15H14FNO4/c16-13-6-3-5-12(10-18)15(13)21-9-8-11-4-1-2-7-14(11)17(19)20/h1-7,18H,8-10H2. The first-order valence-corrected chi connectivity index (χ1v) is 6.37. The Labute approximate surface area is 120 Å². The number of rotatable bonds is 6. The quantitative estimate of drug-likeness (QED) is 0.656. The van der Waals surface area contributed by atoms with Crippen molar-refractivity contribution in [3.05, 3.63) is 69.5 Å². The SMILES string of the molecule is O=[N+]([O-])c1ccccc1CCOc1c(F)cccc1CO. The molecule has 0 aromatic heterocycles. The molecule has 0 bridgehead atoms. The predicted octanol–water partition coefficient (Wildman–Crippen LogP) is 2.85. The summed E-state index contributed by atoms with van der Waals surface area (Å²) in [7, 11) is 0. The summed E-state index contributed by atoms with van der Waals surface area (Å²) < 4.78 is 19.0. The maximum atomic E-state index is 13.6. The zero-order chi connectivity index (χ0) is 15.2. The molecular formula is C15H14FNO4. The third kappa shape index (κ3) is 3.55. The molecule has 21 heavy (non-hydrogen) atoms. The lowest BCUT2D eigenvalue weighted by Gasteiger charge is -2.11. The number of benzene rings is 2. The van der Waals surface area contributed by atoms with Gasteiger partial charge in [0.1, 0.15) is 0 Å². The fourth-order valence-corrected chi connectivity index (χ4v) is 2.00. The molecule has 5 nitrogen and oxygen atoms in total. The predicted molar refractivity (Wildman–Crippen MR) is 74.6 cm³/mol. The van der Waals surface area contributed by atoms with Crippen LogP contribution in [0.2, 0.25) is 0 Å². The van der Waals surface area contributed by atoms with Crippen LogP contribution in [0.15, 0.2) is 42.5 Å². The zero-order valence-electron chi connectivity index (χ0n) is 11.2. The smallest absolute Gasteiger partial charge is 0.272 e. The van der Waals surface area contributed by atoms with Crippen molar-refractivity contribution < 1.29 is 19.2 Å². The molecule has 0 amide bonds. The fraction of sp³-hybridized carbons (Fsp3) is 0.200.